The lowest BCUT2D eigenvalue weighted by Gasteiger charge is -2.33. The third-order valence-corrected chi connectivity index (χ3v) is 11.0. The van der Waals surface area contributed by atoms with Crippen LogP contribution in [0.5, 0.6) is 0 Å². The number of amidine groups is 1. The van der Waals surface area contributed by atoms with E-state index in [1.54, 1.807) is 0 Å². The summed E-state index contributed by atoms with van der Waals surface area (Å²) in [4.78, 5) is 5.63. The molecule has 1 aliphatic heterocycles. The number of nitrogens with one attached hydrogen (secondary N) is 1. The number of allylic oxidation sites excluding steroid dienone is 2. The molecule has 10 rings (SSSR count). The Bertz CT molecular complexity index is 2570. The zero-order valence-electron chi connectivity index (χ0n) is 26.9. The van der Waals surface area contributed by atoms with Crippen LogP contribution in [0.1, 0.15) is 67.1 Å². The Hall–Kier alpha value is -5.41. The van der Waals surface area contributed by atoms with E-state index < -0.39 is 0 Å². The van der Waals surface area contributed by atoms with Gasteiger partial charge in [-0.2, -0.15) is 0 Å². The summed E-state index contributed by atoms with van der Waals surface area (Å²) in [6.45, 7) is 7.03. The van der Waals surface area contributed by atoms with E-state index in [4.69, 9.17) is 4.99 Å². The normalized spacial score (nSPS) is 19.6. The number of hydrogen-bond acceptors (Lipinski definition) is 2. The second-order valence-corrected chi connectivity index (χ2v) is 14.1. The molecule has 2 aliphatic carbocycles. The number of para-hydroxylation sites is 1. The minimum absolute atomic E-state index is 0.156. The van der Waals surface area contributed by atoms with E-state index >= 15 is 0 Å². The van der Waals surface area contributed by atoms with E-state index in [-0.39, 0.29) is 11.6 Å². The highest BCUT2D eigenvalue weighted by Crippen LogP contribution is 2.53. The molecule has 0 radical (unpaired) electrons. The maximum absolute atomic E-state index is 5.63. The number of rotatable bonds is 2. The first kappa shape index (κ1) is 26.8. The van der Waals surface area contributed by atoms with Crippen molar-refractivity contribution in [2.24, 2.45) is 4.99 Å². The number of aromatic nitrogens is 1. The molecule has 226 valence electrons. The van der Waals surface area contributed by atoms with Crippen LogP contribution < -0.4 is 5.32 Å². The van der Waals surface area contributed by atoms with E-state index in [9.17, 15) is 0 Å². The van der Waals surface area contributed by atoms with Crippen molar-refractivity contribution in [3.63, 3.8) is 0 Å². The SMILES string of the molecule is CC1CC=Cc2c1cc(C1=NC3=C(c4ccccc4C3(C)C)C(n3c4ccccc4c4cc5ccccc5cc43)N1)c1ccccc21. The van der Waals surface area contributed by atoms with Gasteiger partial charge in [0.15, 0.2) is 0 Å². The molecule has 0 bridgehead atoms. The van der Waals surface area contributed by atoms with Crippen LogP contribution >= 0.6 is 0 Å². The van der Waals surface area contributed by atoms with Crippen molar-refractivity contribution in [1.82, 2.24) is 9.88 Å². The summed E-state index contributed by atoms with van der Waals surface area (Å²) >= 11 is 0. The van der Waals surface area contributed by atoms with Gasteiger partial charge in [0.05, 0.1) is 16.7 Å². The topological polar surface area (TPSA) is 29.3 Å². The highest BCUT2D eigenvalue weighted by Gasteiger charge is 2.44. The zero-order valence-corrected chi connectivity index (χ0v) is 26.9. The highest BCUT2D eigenvalue weighted by atomic mass is 15.2. The minimum Gasteiger partial charge on any atom is -0.345 e. The molecule has 0 fully saturated rings. The zero-order chi connectivity index (χ0) is 31.4. The molecule has 1 aromatic heterocycles. The van der Waals surface area contributed by atoms with Crippen LogP contribution in [0, 0.1) is 0 Å². The number of fused-ring (bicyclic) bond motifs is 9. The summed E-state index contributed by atoms with van der Waals surface area (Å²) in [6.07, 6.45) is 5.55. The minimum atomic E-state index is -0.247. The van der Waals surface area contributed by atoms with Gasteiger partial charge in [-0.05, 0) is 80.4 Å². The van der Waals surface area contributed by atoms with E-state index in [1.165, 1.54) is 76.7 Å². The first-order valence-electron chi connectivity index (χ1n) is 16.8. The molecule has 3 heteroatoms. The molecule has 1 N–H and O–H groups in total. The number of hydrogen-bond donors (Lipinski definition) is 1. The van der Waals surface area contributed by atoms with Gasteiger partial charge in [0.1, 0.15) is 12.0 Å². The van der Waals surface area contributed by atoms with Gasteiger partial charge in [-0.1, -0.05) is 124 Å². The van der Waals surface area contributed by atoms with Crippen LogP contribution in [0.4, 0.5) is 0 Å². The summed E-state index contributed by atoms with van der Waals surface area (Å²) in [7, 11) is 0. The van der Waals surface area contributed by atoms with Gasteiger partial charge in [-0.3, -0.25) is 0 Å². The Morgan fingerprint density at radius 3 is 2.26 bits per heavy atom. The van der Waals surface area contributed by atoms with E-state index in [0.29, 0.717) is 5.92 Å². The molecule has 2 unspecified atom stereocenters. The van der Waals surface area contributed by atoms with Crippen molar-refractivity contribution in [1.29, 1.82) is 0 Å². The predicted octanol–water partition coefficient (Wildman–Crippen LogP) is 10.9. The molecule has 47 heavy (non-hydrogen) atoms. The Kier molecular flexibility index (Phi) is 5.44. The molecule has 0 spiro atoms. The number of aliphatic imine (C=N–C) groups is 1. The lowest BCUT2D eigenvalue weighted by molar-refractivity contribution is 0.584. The maximum Gasteiger partial charge on any atom is 0.136 e. The van der Waals surface area contributed by atoms with Crippen molar-refractivity contribution < 1.29 is 0 Å². The van der Waals surface area contributed by atoms with Crippen molar-refractivity contribution in [2.75, 3.05) is 0 Å². The monoisotopic (exact) mass is 605 g/mol. The largest absolute Gasteiger partial charge is 0.345 e. The van der Waals surface area contributed by atoms with Gasteiger partial charge < -0.3 is 9.88 Å². The molecule has 2 heterocycles. The van der Waals surface area contributed by atoms with E-state index in [1.807, 2.05) is 0 Å². The Morgan fingerprint density at radius 1 is 0.702 bits per heavy atom. The van der Waals surface area contributed by atoms with Gasteiger partial charge in [0.2, 0.25) is 0 Å². The van der Waals surface area contributed by atoms with E-state index in [0.717, 1.165) is 18.0 Å². The van der Waals surface area contributed by atoms with Gasteiger partial charge in [-0.15, -0.1) is 0 Å². The average Bonchev–Trinajstić information content (AvgIpc) is 3.54. The first-order valence-corrected chi connectivity index (χ1v) is 16.8. The summed E-state index contributed by atoms with van der Waals surface area (Å²) in [5.74, 6) is 1.40. The van der Waals surface area contributed by atoms with Gasteiger partial charge in [-0.25, -0.2) is 4.99 Å². The van der Waals surface area contributed by atoms with Crippen LogP contribution in [0.25, 0.3) is 55.0 Å². The summed E-state index contributed by atoms with van der Waals surface area (Å²) in [5, 5.41) is 11.7. The highest BCUT2D eigenvalue weighted by molar-refractivity contribution is 6.16. The lowest BCUT2D eigenvalue weighted by Crippen LogP contribution is -2.37. The number of nitrogens with zero attached hydrogens (tertiary/aromatic N) is 2. The van der Waals surface area contributed by atoms with Crippen molar-refractivity contribution >= 4 is 60.8 Å². The molecule has 3 aliphatic rings. The summed E-state index contributed by atoms with van der Waals surface area (Å²) < 4.78 is 2.55. The van der Waals surface area contributed by atoms with Crippen molar-refractivity contribution in [3.05, 3.63) is 155 Å². The van der Waals surface area contributed by atoms with Crippen LogP contribution in [-0.2, 0) is 5.41 Å². The molecule has 2 atom stereocenters. The van der Waals surface area contributed by atoms with Crippen molar-refractivity contribution in [3.8, 4) is 0 Å². The van der Waals surface area contributed by atoms with Crippen molar-refractivity contribution in [2.45, 2.75) is 44.7 Å². The molecule has 0 amide bonds. The second kappa shape index (κ2) is 9.56. The van der Waals surface area contributed by atoms with Crippen LogP contribution in [0.2, 0.25) is 0 Å². The van der Waals surface area contributed by atoms with E-state index in [2.05, 4.69) is 158 Å². The third-order valence-electron chi connectivity index (χ3n) is 11.0. The Morgan fingerprint density at radius 2 is 1.40 bits per heavy atom. The molecular weight excluding hydrogens is 571 g/mol. The molecular formula is C44H35N3. The van der Waals surface area contributed by atoms with Gasteiger partial charge >= 0.3 is 0 Å². The fourth-order valence-electron chi connectivity index (χ4n) is 8.70. The average molecular weight is 606 g/mol. The van der Waals surface area contributed by atoms with Crippen LogP contribution in [-0.4, -0.2) is 10.4 Å². The standard InChI is InChI=1S/C44H35N3/c1-26-13-12-20-30-29-16-6-7-17-31(29)36(25-34(26)30)42-45-41-40(33-19-8-10-21-37(33)44(41,2)3)43(46-42)47-38-22-11-9-18-32(38)35-23-27-14-4-5-15-28(27)24-39(35)47/h4-12,14-26,43H,13H2,1-3H3,(H,45,46). The fraction of sp³-hybridized carbons (Fsp3) is 0.159. The first-order chi connectivity index (χ1) is 23.0. The predicted molar refractivity (Wildman–Crippen MR) is 198 cm³/mol. The summed E-state index contributed by atoms with van der Waals surface area (Å²) in [5.41, 5.74) is 11.2. The fourth-order valence-corrected chi connectivity index (χ4v) is 8.70. The third kappa shape index (κ3) is 3.66. The molecule has 3 nitrogen and oxygen atoms in total. The van der Waals surface area contributed by atoms with Gasteiger partial charge in [0, 0.05) is 27.3 Å². The Balaban J connectivity index is 1.30. The number of benzene rings is 6. The lowest BCUT2D eigenvalue weighted by atomic mass is 9.83. The molecule has 7 aromatic rings. The smallest absolute Gasteiger partial charge is 0.136 e. The molecule has 6 aromatic carbocycles. The van der Waals surface area contributed by atoms with Crippen LogP contribution in [0.15, 0.2) is 132 Å². The second-order valence-electron chi connectivity index (χ2n) is 14.1. The Labute approximate surface area is 274 Å². The van der Waals surface area contributed by atoms with Gasteiger partial charge in [0.25, 0.3) is 0 Å². The van der Waals surface area contributed by atoms with Crippen LogP contribution in [0.3, 0.4) is 0 Å². The molecule has 0 saturated heterocycles. The quantitative estimate of drug-likeness (QED) is 0.209. The maximum atomic E-state index is 5.63. The summed E-state index contributed by atoms with van der Waals surface area (Å²) in [6, 6.07) is 42.6. The molecule has 0 saturated carbocycles.